The highest BCUT2D eigenvalue weighted by Gasteiger charge is 2.26. The van der Waals surface area contributed by atoms with Gasteiger partial charge in [-0.25, -0.2) is 9.78 Å². The van der Waals surface area contributed by atoms with Gasteiger partial charge in [-0.05, 0) is 30.2 Å². The normalized spacial score (nSPS) is 17.0. The Kier molecular flexibility index (Phi) is 6.31. The van der Waals surface area contributed by atoms with Crippen LogP contribution in [0.4, 0.5) is 16.6 Å². The zero-order valence-corrected chi connectivity index (χ0v) is 19.3. The van der Waals surface area contributed by atoms with Crippen molar-refractivity contribution >= 4 is 28.7 Å². The van der Waals surface area contributed by atoms with Crippen LogP contribution < -0.4 is 15.4 Å². The van der Waals surface area contributed by atoms with Crippen LogP contribution in [-0.2, 0) is 4.74 Å². The number of hydrogen-bond donors (Lipinski definition) is 1. The molecule has 1 aromatic carbocycles. The van der Waals surface area contributed by atoms with Gasteiger partial charge < -0.3 is 29.9 Å². The Bertz CT molecular complexity index is 1170. The minimum Gasteiger partial charge on any atom is -0.496 e. The molecule has 0 atom stereocenters. The van der Waals surface area contributed by atoms with E-state index in [1.165, 1.54) is 0 Å². The largest absolute Gasteiger partial charge is 0.496 e. The number of fused-ring (bicyclic) bond motifs is 1. The molecular formula is C24H29N7O3. The van der Waals surface area contributed by atoms with Crippen molar-refractivity contribution in [1.82, 2.24) is 24.8 Å². The summed E-state index contributed by atoms with van der Waals surface area (Å²) in [7, 11) is 1.65. The SMILES string of the molecule is COc1cc2nc(N3CCCN(C(=O)N4CCOCC4)CC3)nc(N)c2cc1-c1ccncc1. The van der Waals surface area contributed by atoms with Crippen molar-refractivity contribution in [1.29, 1.82) is 0 Å². The summed E-state index contributed by atoms with van der Waals surface area (Å²) in [6.45, 7) is 5.21. The smallest absolute Gasteiger partial charge is 0.320 e. The fourth-order valence-corrected chi connectivity index (χ4v) is 4.50. The number of benzene rings is 1. The maximum Gasteiger partial charge on any atom is 0.320 e. The van der Waals surface area contributed by atoms with E-state index in [1.807, 2.05) is 34.1 Å². The Morgan fingerprint density at radius 2 is 1.76 bits per heavy atom. The molecule has 2 aromatic heterocycles. The summed E-state index contributed by atoms with van der Waals surface area (Å²) in [6.07, 6.45) is 4.32. The second-order valence-corrected chi connectivity index (χ2v) is 8.42. The molecule has 2 saturated heterocycles. The molecule has 0 saturated carbocycles. The fourth-order valence-electron chi connectivity index (χ4n) is 4.50. The van der Waals surface area contributed by atoms with E-state index in [4.69, 9.17) is 20.2 Å². The van der Waals surface area contributed by atoms with Crippen LogP contribution in [0, 0.1) is 0 Å². The number of nitrogen functional groups attached to an aromatic ring is 1. The van der Waals surface area contributed by atoms with Gasteiger partial charge in [-0.2, -0.15) is 4.98 Å². The van der Waals surface area contributed by atoms with Gasteiger partial charge in [0, 0.05) is 68.7 Å². The third-order valence-electron chi connectivity index (χ3n) is 6.36. The van der Waals surface area contributed by atoms with E-state index in [0.29, 0.717) is 63.5 Å². The molecule has 2 aliphatic heterocycles. The van der Waals surface area contributed by atoms with Crippen molar-refractivity contribution < 1.29 is 14.3 Å². The third-order valence-corrected chi connectivity index (χ3v) is 6.36. The Morgan fingerprint density at radius 1 is 1.00 bits per heavy atom. The number of urea groups is 1. The van der Waals surface area contributed by atoms with E-state index in [0.717, 1.165) is 35.0 Å². The van der Waals surface area contributed by atoms with Crippen molar-refractivity contribution in [3.63, 3.8) is 0 Å². The highest BCUT2D eigenvalue weighted by atomic mass is 16.5. The number of rotatable bonds is 3. The van der Waals surface area contributed by atoms with Crippen LogP contribution in [0.15, 0.2) is 36.7 Å². The number of morpholine rings is 1. The Hall–Kier alpha value is -3.66. The lowest BCUT2D eigenvalue weighted by Crippen LogP contribution is -2.49. The molecule has 0 spiro atoms. The Morgan fingerprint density at radius 3 is 2.53 bits per heavy atom. The minimum absolute atomic E-state index is 0.0810. The average molecular weight is 464 g/mol. The van der Waals surface area contributed by atoms with Crippen LogP contribution in [-0.4, -0.2) is 90.4 Å². The lowest BCUT2D eigenvalue weighted by atomic mass is 10.0. The lowest BCUT2D eigenvalue weighted by Gasteiger charge is -2.32. The van der Waals surface area contributed by atoms with Gasteiger partial charge >= 0.3 is 6.03 Å². The molecule has 2 N–H and O–H groups in total. The fraction of sp³-hybridized carbons (Fsp3) is 0.417. The molecule has 0 radical (unpaired) electrons. The standard InChI is InChI=1S/C24H29N7O3/c1-33-21-16-20-19(15-18(21)17-3-5-26-6-4-17)22(25)28-23(27-20)29-7-2-8-30(10-9-29)24(32)31-11-13-34-14-12-31/h3-6,15-16H,2,7-14H2,1H3,(H2,25,27,28). The number of amides is 2. The monoisotopic (exact) mass is 463 g/mol. The highest BCUT2D eigenvalue weighted by molar-refractivity contribution is 5.95. The molecule has 2 fully saturated rings. The summed E-state index contributed by atoms with van der Waals surface area (Å²) >= 11 is 0. The zero-order chi connectivity index (χ0) is 23.5. The van der Waals surface area contributed by atoms with Crippen molar-refractivity contribution in [3.05, 3.63) is 36.7 Å². The average Bonchev–Trinajstić information content (AvgIpc) is 3.15. The number of methoxy groups -OCH3 is 1. The van der Waals surface area contributed by atoms with Crippen molar-refractivity contribution in [3.8, 4) is 16.9 Å². The van der Waals surface area contributed by atoms with Gasteiger partial charge in [0.2, 0.25) is 5.95 Å². The number of nitrogens with two attached hydrogens (primary N) is 1. The van der Waals surface area contributed by atoms with E-state index in [2.05, 4.69) is 14.9 Å². The van der Waals surface area contributed by atoms with Crippen LogP contribution in [0.5, 0.6) is 5.75 Å². The minimum atomic E-state index is 0.0810. The number of carbonyl (C=O) groups is 1. The van der Waals surface area contributed by atoms with Gasteiger partial charge in [0.15, 0.2) is 0 Å². The number of ether oxygens (including phenoxy) is 2. The Labute approximate surface area is 198 Å². The second-order valence-electron chi connectivity index (χ2n) is 8.42. The first kappa shape index (κ1) is 22.1. The van der Waals surface area contributed by atoms with Gasteiger partial charge in [-0.15, -0.1) is 0 Å². The lowest BCUT2D eigenvalue weighted by molar-refractivity contribution is 0.0438. The molecule has 0 aliphatic carbocycles. The van der Waals surface area contributed by atoms with Gasteiger partial charge in [0.1, 0.15) is 11.6 Å². The number of aromatic nitrogens is 3. The summed E-state index contributed by atoms with van der Waals surface area (Å²) in [5, 5.41) is 0.773. The van der Waals surface area contributed by atoms with Crippen LogP contribution in [0.1, 0.15) is 6.42 Å². The van der Waals surface area contributed by atoms with Gasteiger partial charge in [-0.3, -0.25) is 4.98 Å². The van der Waals surface area contributed by atoms with E-state index in [1.54, 1.807) is 19.5 Å². The first-order valence-corrected chi connectivity index (χ1v) is 11.6. The summed E-state index contributed by atoms with van der Waals surface area (Å²) in [4.78, 5) is 32.3. The second kappa shape index (κ2) is 9.68. The van der Waals surface area contributed by atoms with Crippen LogP contribution in [0.3, 0.4) is 0 Å². The number of carbonyl (C=O) groups excluding carboxylic acids is 1. The molecule has 0 unspecified atom stereocenters. The van der Waals surface area contributed by atoms with Crippen LogP contribution >= 0.6 is 0 Å². The highest BCUT2D eigenvalue weighted by Crippen LogP contribution is 2.35. The maximum atomic E-state index is 12.9. The topological polar surface area (TPSA) is 110 Å². The van der Waals surface area contributed by atoms with Gasteiger partial charge in [0.05, 0.1) is 25.8 Å². The van der Waals surface area contributed by atoms with Gasteiger partial charge in [-0.1, -0.05) is 0 Å². The predicted octanol–water partition coefficient (Wildman–Crippen LogP) is 2.25. The molecule has 5 rings (SSSR count). The molecule has 2 aliphatic rings. The van der Waals surface area contributed by atoms with E-state index >= 15 is 0 Å². The molecule has 4 heterocycles. The quantitative estimate of drug-likeness (QED) is 0.630. The number of nitrogens with zero attached hydrogens (tertiary/aromatic N) is 6. The number of pyridine rings is 1. The van der Waals surface area contributed by atoms with Crippen LogP contribution in [0.25, 0.3) is 22.0 Å². The molecule has 34 heavy (non-hydrogen) atoms. The number of hydrogen-bond acceptors (Lipinski definition) is 8. The molecule has 10 nitrogen and oxygen atoms in total. The van der Waals surface area contributed by atoms with Crippen molar-refractivity contribution in [2.45, 2.75) is 6.42 Å². The summed E-state index contributed by atoms with van der Waals surface area (Å²) in [5.41, 5.74) is 9.02. The summed E-state index contributed by atoms with van der Waals surface area (Å²) in [6, 6.07) is 7.80. The van der Waals surface area contributed by atoms with Gasteiger partial charge in [0.25, 0.3) is 0 Å². The molecule has 3 aromatic rings. The Balaban J connectivity index is 1.39. The molecule has 2 amide bonds. The van der Waals surface area contributed by atoms with E-state index in [9.17, 15) is 4.79 Å². The molecule has 10 heteroatoms. The summed E-state index contributed by atoms with van der Waals surface area (Å²) < 4.78 is 11.0. The maximum absolute atomic E-state index is 12.9. The molecule has 0 bridgehead atoms. The van der Waals surface area contributed by atoms with Crippen molar-refractivity contribution in [2.75, 3.05) is 70.2 Å². The molecular weight excluding hydrogens is 434 g/mol. The molecule has 178 valence electrons. The van der Waals surface area contributed by atoms with E-state index < -0.39 is 0 Å². The van der Waals surface area contributed by atoms with Crippen LogP contribution in [0.2, 0.25) is 0 Å². The number of anilines is 2. The third kappa shape index (κ3) is 4.41. The van der Waals surface area contributed by atoms with E-state index in [-0.39, 0.29) is 6.03 Å². The summed E-state index contributed by atoms with van der Waals surface area (Å²) in [5.74, 6) is 1.70. The first-order chi connectivity index (χ1) is 16.6. The predicted molar refractivity (Wildman–Crippen MR) is 130 cm³/mol. The van der Waals surface area contributed by atoms with Crippen molar-refractivity contribution in [2.24, 2.45) is 0 Å². The first-order valence-electron chi connectivity index (χ1n) is 11.6. The zero-order valence-electron chi connectivity index (χ0n) is 19.3.